The van der Waals surface area contributed by atoms with Crippen LogP contribution in [0.5, 0.6) is 0 Å². The Labute approximate surface area is 51.5 Å². The van der Waals surface area contributed by atoms with Crippen molar-refractivity contribution >= 4 is 12.4 Å². The summed E-state index contributed by atoms with van der Waals surface area (Å²) >= 11 is 0. The van der Waals surface area contributed by atoms with Crippen LogP contribution in [0.1, 0.15) is 13.8 Å². The molecule has 1 nitrogen and oxygen atoms in total. The minimum absolute atomic E-state index is 0. The molecule has 2 heteroatoms. The van der Waals surface area contributed by atoms with Crippen LogP contribution in [0, 0.1) is 0 Å². The quantitative estimate of drug-likeness (QED) is 0.487. The molecular weight excluding hydrogens is 112 g/mol. The number of aliphatic hydroxyl groups is 1. The normalized spacial score (nSPS) is 5.71. The molecule has 0 bridgehead atoms. The zero-order valence-electron chi connectivity index (χ0n) is 4.85. The maximum atomic E-state index is 8.06. The van der Waals surface area contributed by atoms with Crippen molar-refractivity contribution in [3.05, 3.63) is 13.2 Å². The van der Waals surface area contributed by atoms with E-state index in [1.54, 1.807) is 13.8 Å². The average Bonchev–Trinajstić information content (AvgIpc) is 1.41. The molecule has 0 rings (SSSR count). The fourth-order valence-corrected chi connectivity index (χ4v) is 0. The Hall–Kier alpha value is -0.0100. The van der Waals surface area contributed by atoms with E-state index in [2.05, 4.69) is 13.2 Å². The van der Waals surface area contributed by atoms with E-state index in [4.69, 9.17) is 5.11 Å². The van der Waals surface area contributed by atoms with Gasteiger partial charge in [0.05, 0.1) is 0 Å². The van der Waals surface area contributed by atoms with Gasteiger partial charge in [0.25, 0.3) is 0 Å². The topological polar surface area (TPSA) is 20.2 Å². The lowest BCUT2D eigenvalue weighted by atomic mass is 10.5. The molecule has 7 heavy (non-hydrogen) atoms. The van der Waals surface area contributed by atoms with Crippen molar-refractivity contribution in [1.82, 2.24) is 0 Å². The van der Waals surface area contributed by atoms with Crippen molar-refractivity contribution in [3.63, 3.8) is 0 Å². The smallest absolute Gasteiger partial charge is 0.0483 e. The first-order valence-corrected chi connectivity index (χ1v) is 1.91. The molecule has 0 amide bonds. The van der Waals surface area contributed by atoms with Crippen LogP contribution < -0.4 is 0 Å². The minimum Gasteiger partial charge on any atom is -0.394 e. The van der Waals surface area contributed by atoms with Gasteiger partial charge in [-0.3, -0.25) is 0 Å². The lowest BCUT2D eigenvalue weighted by molar-refractivity contribution is 0.216. The van der Waals surface area contributed by atoms with Gasteiger partial charge in [0.2, 0.25) is 0 Å². The summed E-state index contributed by atoms with van der Waals surface area (Å²) < 4.78 is 0. The lowest BCUT2D eigenvalue weighted by Gasteiger charge is -1.80. The molecule has 0 aliphatic carbocycles. The summed E-state index contributed by atoms with van der Waals surface area (Å²) in [5.74, 6) is 0. The first-order valence-electron chi connectivity index (χ1n) is 1.91. The van der Waals surface area contributed by atoms with Gasteiger partial charge in [0, 0.05) is 6.10 Å². The fraction of sp³-hybridized carbons (Fsp3) is 0.600. The Morgan fingerprint density at radius 2 is 1.29 bits per heavy atom. The highest BCUT2D eigenvalue weighted by atomic mass is 35.5. The number of rotatable bonds is 0. The van der Waals surface area contributed by atoms with Crippen LogP contribution in [0.25, 0.3) is 0 Å². The Balaban J connectivity index is -0.0000000480. The van der Waals surface area contributed by atoms with E-state index in [-0.39, 0.29) is 18.5 Å². The molecule has 0 spiro atoms. The lowest BCUT2D eigenvalue weighted by Crippen LogP contribution is -1.85. The molecule has 0 aromatic heterocycles. The van der Waals surface area contributed by atoms with Gasteiger partial charge in [-0.15, -0.1) is 25.6 Å². The predicted molar refractivity (Wildman–Crippen MR) is 35.9 cm³/mol. The molecule has 0 aliphatic heterocycles. The summed E-state index contributed by atoms with van der Waals surface area (Å²) in [6.45, 7) is 9.44. The van der Waals surface area contributed by atoms with Crippen LogP contribution in [-0.2, 0) is 0 Å². The summed E-state index contributed by atoms with van der Waals surface area (Å²) in [7, 11) is 0. The maximum absolute atomic E-state index is 8.06. The summed E-state index contributed by atoms with van der Waals surface area (Å²) in [6, 6.07) is 0. The van der Waals surface area contributed by atoms with Crippen LogP contribution in [-0.4, -0.2) is 11.2 Å². The van der Waals surface area contributed by atoms with Gasteiger partial charge >= 0.3 is 0 Å². The van der Waals surface area contributed by atoms with E-state index in [1.165, 1.54) is 0 Å². The molecule has 0 atom stereocenters. The van der Waals surface area contributed by atoms with Crippen LogP contribution in [0.4, 0.5) is 0 Å². The number of aliphatic hydroxyl groups excluding tert-OH is 1. The van der Waals surface area contributed by atoms with E-state index < -0.39 is 0 Å². The Kier molecular flexibility index (Phi) is 37.5. The van der Waals surface area contributed by atoms with E-state index >= 15 is 0 Å². The number of hydrogen-bond acceptors (Lipinski definition) is 1. The summed E-state index contributed by atoms with van der Waals surface area (Å²) in [5.41, 5.74) is 0. The van der Waals surface area contributed by atoms with Gasteiger partial charge in [0.1, 0.15) is 0 Å². The average molecular weight is 125 g/mol. The van der Waals surface area contributed by atoms with E-state index in [0.29, 0.717) is 0 Å². The molecular formula is C5H13ClO. The van der Waals surface area contributed by atoms with Crippen molar-refractivity contribution in [2.75, 3.05) is 0 Å². The monoisotopic (exact) mass is 124 g/mol. The molecule has 46 valence electrons. The maximum Gasteiger partial charge on any atom is 0.0483 e. The molecule has 0 saturated carbocycles. The van der Waals surface area contributed by atoms with Gasteiger partial charge in [-0.05, 0) is 13.8 Å². The highest BCUT2D eigenvalue weighted by molar-refractivity contribution is 5.85. The molecule has 0 aromatic rings. The van der Waals surface area contributed by atoms with Crippen molar-refractivity contribution in [1.29, 1.82) is 0 Å². The molecule has 0 saturated heterocycles. The largest absolute Gasteiger partial charge is 0.394 e. The number of hydrogen-bond donors (Lipinski definition) is 1. The minimum atomic E-state index is -0.167. The van der Waals surface area contributed by atoms with Crippen molar-refractivity contribution < 1.29 is 5.11 Å². The summed E-state index contributed by atoms with van der Waals surface area (Å²) in [5, 5.41) is 8.06. The van der Waals surface area contributed by atoms with Crippen molar-refractivity contribution in [2.45, 2.75) is 20.0 Å². The molecule has 0 fully saturated rings. The molecule has 0 aliphatic rings. The second-order valence-electron chi connectivity index (χ2n) is 1.09. The van der Waals surface area contributed by atoms with Gasteiger partial charge in [-0.25, -0.2) is 0 Å². The SMILES string of the molecule is C=C.CC(C)O.Cl. The van der Waals surface area contributed by atoms with Crippen LogP contribution in [0.15, 0.2) is 13.2 Å². The molecule has 1 N–H and O–H groups in total. The Bertz CT molecular complexity index is 19.3. The molecule has 0 heterocycles. The highest BCUT2D eigenvalue weighted by Crippen LogP contribution is 1.65. The van der Waals surface area contributed by atoms with E-state index in [1.807, 2.05) is 0 Å². The zero-order valence-corrected chi connectivity index (χ0v) is 5.66. The van der Waals surface area contributed by atoms with Crippen molar-refractivity contribution in [2.24, 2.45) is 0 Å². The summed E-state index contributed by atoms with van der Waals surface area (Å²) in [4.78, 5) is 0. The van der Waals surface area contributed by atoms with Gasteiger partial charge in [0.15, 0.2) is 0 Å². The van der Waals surface area contributed by atoms with Crippen molar-refractivity contribution in [3.8, 4) is 0 Å². The fourth-order valence-electron chi connectivity index (χ4n) is 0. The summed E-state index contributed by atoms with van der Waals surface area (Å²) in [6.07, 6.45) is -0.167. The first kappa shape index (κ1) is 15.8. The Morgan fingerprint density at radius 1 is 1.29 bits per heavy atom. The molecule has 0 aromatic carbocycles. The second kappa shape index (κ2) is 16.7. The zero-order chi connectivity index (χ0) is 5.58. The molecule has 0 radical (unpaired) electrons. The van der Waals surface area contributed by atoms with Gasteiger partial charge < -0.3 is 5.11 Å². The van der Waals surface area contributed by atoms with Gasteiger partial charge in [-0.2, -0.15) is 0 Å². The first-order chi connectivity index (χ1) is 2.73. The van der Waals surface area contributed by atoms with E-state index in [0.717, 1.165) is 0 Å². The van der Waals surface area contributed by atoms with Gasteiger partial charge in [-0.1, -0.05) is 0 Å². The predicted octanol–water partition coefficient (Wildman–Crippen LogP) is 1.61. The third kappa shape index (κ3) is 954000. The van der Waals surface area contributed by atoms with Crippen LogP contribution in [0.3, 0.4) is 0 Å². The van der Waals surface area contributed by atoms with Crippen LogP contribution >= 0.6 is 12.4 Å². The van der Waals surface area contributed by atoms with Crippen LogP contribution in [0.2, 0.25) is 0 Å². The molecule has 0 unspecified atom stereocenters. The van der Waals surface area contributed by atoms with E-state index in [9.17, 15) is 0 Å². The standard InChI is InChI=1S/C3H8O.C2H4.ClH/c1-3(2)4;1-2;/h3-4H,1-2H3;1-2H2;1H. The highest BCUT2D eigenvalue weighted by Gasteiger charge is 1.69. The second-order valence-corrected chi connectivity index (χ2v) is 1.09. The third-order valence-corrected chi connectivity index (χ3v) is 0. The third-order valence-electron chi connectivity index (χ3n) is 0. The Morgan fingerprint density at radius 3 is 1.29 bits per heavy atom. The number of halogens is 1.